The second kappa shape index (κ2) is 8.22. The normalized spacial score (nSPS) is 21.7. The summed E-state index contributed by atoms with van der Waals surface area (Å²) in [4.78, 5) is 15.2. The highest BCUT2D eigenvalue weighted by Crippen LogP contribution is 2.45. The number of para-hydroxylation sites is 1. The van der Waals surface area contributed by atoms with Crippen LogP contribution in [0, 0.1) is 5.41 Å². The number of sulfonamides is 1. The number of carbonyl (C=O) groups excluding carboxylic acids is 1. The molecule has 0 radical (unpaired) electrons. The van der Waals surface area contributed by atoms with Crippen molar-refractivity contribution in [2.75, 3.05) is 23.3 Å². The standard InChI is InChI=1S/C22H21ClN4O3S2/c23-16-12-14(32(29,30)26-10-4-1-5-11-26)8-9-18(16)27-20(28)13-15(21(27)24)22-25-17-6-2-3-7-19(17)31-22/h2-3,6-9,12,24-25H,1,4-5,10-11,13H2. The smallest absolute Gasteiger partial charge is 0.243 e. The van der Waals surface area contributed by atoms with Crippen molar-refractivity contribution in [3.63, 3.8) is 0 Å². The molecule has 0 spiro atoms. The van der Waals surface area contributed by atoms with Crippen LogP contribution in [-0.2, 0) is 14.8 Å². The fraction of sp³-hybridized carbons (Fsp3) is 0.273. The molecular formula is C22H21ClN4O3S2. The van der Waals surface area contributed by atoms with E-state index in [4.69, 9.17) is 17.0 Å². The van der Waals surface area contributed by atoms with E-state index in [0.29, 0.717) is 24.4 Å². The molecule has 0 unspecified atom stereocenters. The number of rotatable bonds is 3. The van der Waals surface area contributed by atoms with Crippen molar-refractivity contribution in [1.82, 2.24) is 4.31 Å². The Bertz CT molecular complexity index is 1240. The molecule has 3 aliphatic rings. The minimum atomic E-state index is -3.64. The quantitative estimate of drug-likeness (QED) is 0.655. The van der Waals surface area contributed by atoms with E-state index in [9.17, 15) is 13.2 Å². The van der Waals surface area contributed by atoms with Crippen LogP contribution in [0.1, 0.15) is 25.7 Å². The predicted octanol–water partition coefficient (Wildman–Crippen LogP) is 4.66. The highest BCUT2D eigenvalue weighted by Gasteiger charge is 2.37. The minimum Gasteiger partial charge on any atom is -0.349 e. The summed E-state index contributed by atoms with van der Waals surface area (Å²) in [5.41, 5.74) is 1.86. The first-order chi connectivity index (χ1) is 15.4. The predicted molar refractivity (Wildman–Crippen MR) is 127 cm³/mol. The van der Waals surface area contributed by atoms with Crippen LogP contribution in [0.5, 0.6) is 0 Å². The Morgan fingerprint density at radius 1 is 1.06 bits per heavy atom. The third kappa shape index (κ3) is 3.63. The van der Waals surface area contributed by atoms with E-state index in [-0.39, 0.29) is 28.1 Å². The van der Waals surface area contributed by atoms with E-state index in [0.717, 1.165) is 34.9 Å². The number of nitrogens with zero attached hydrogens (tertiary/aromatic N) is 2. The van der Waals surface area contributed by atoms with Crippen LogP contribution in [0.2, 0.25) is 5.02 Å². The molecule has 0 aromatic heterocycles. The number of amides is 1. The first kappa shape index (κ1) is 21.5. The average Bonchev–Trinajstić information content (AvgIpc) is 3.35. The highest BCUT2D eigenvalue weighted by molar-refractivity contribution is 8.03. The highest BCUT2D eigenvalue weighted by atomic mass is 35.5. The fourth-order valence-corrected chi connectivity index (χ4v) is 7.08. The summed E-state index contributed by atoms with van der Waals surface area (Å²) in [6.07, 6.45) is 2.79. The van der Waals surface area contributed by atoms with Gasteiger partial charge in [0.15, 0.2) is 0 Å². The molecule has 2 aromatic carbocycles. The molecule has 2 aromatic rings. The van der Waals surface area contributed by atoms with Crippen molar-refractivity contribution in [1.29, 1.82) is 5.41 Å². The Balaban J connectivity index is 1.44. The Labute approximate surface area is 196 Å². The number of hydrogen-bond acceptors (Lipinski definition) is 6. The summed E-state index contributed by atoms with van der Waals surface area (Å²) in [6, 6.07) is 12.2. The molecule has 0 atom stereocenters. The third-order valence-corrected chi connectivity index (χ3v) is 9.15. The van der Waals surface area contributed by atoms with Gasteiger partial charge in [0, 0.05) is 23.6 Å². The van der Waals surface area contributed by atoms with Gasteiger partial charge in [-0.1, -0.05) is 41.9 Å². The van der Waals surface area contributed by atoms with Crippen molar-refractivity contribution < 1.29 is 13.2 Å². The molecule has 3 heterocycles. The summed E-state index contributed by atoms with van der Waals surface area (Å²) in [6.45, 7) is 1.00. The van der Waals surface area contributed by atoms with E-state index in [1.807, 2.05) is 24.3 Å². The molecule has 2 N–H and O–H groups in total. The van der Waals surface area contributed by atoms with Crippen LogP contribution in [0.15, 0.2) is 62.9 Å². The van der Waals surface area contributed by atoms with Crippen LogP contribution in [0.4, 0.5) is 11.4 Å². The van der Waals surface area contributed by atoms with Crippen molar-refractivity contribution in [3.05, 3.63) is 58.1 Å². The average molecular weight is 489 g/mol. The number of piperidine rings is 1. The maximum atomic E-state index is 13.0. The largest absolute Gasteiger partial charge is 0.349 e. The number of carbonyl (C=O) groups is 1. The maximum absolute atomic E-state index is 13.0. The Morgan fingerprint density at radius 3 is 2.53 bits per heavy atom. The van der Waals surface area contributed by atoms with Gasteiger partial charge in [0.2, 0.25) is 15.9 Å². The number of hydrogen-bond donors (Lipinski definition) is 2. The van der Waals surface area contributed by atoms with Gasteiger partial charge in [-0.25, -0.2) is 8.42 Å². The number of fused-ring (bicyclic) bond motifs is 1. The van der Waals surface area contributed by atoms with E-state index in [2.05, 4.69) is 5.32 Å². The molecule has 2 saturated heterocycles. The molecule has 0 aliphatic carbocycles. The van der Waals surface area contributed by atoms with E-state index in [1.54, 1.807) is 0 Å². The summed E-state index contributed by atoms with van der Waals surface area (Å²) < 4.78 is 27.4. The number of nitrogens with one attached hydrogen (secondary N) is 2. The van der Waals surface area contributed by atoms with Gasteiger partial charge in [-0.2, -0.15) is 4.31 Å². The molecular weight excluding hydrogens is 468 g/mol. The number of thioether (sulfide) groups is 1. The summed E-state index contributed by atoms with van der Waals surface area (Å²) in [5.74, 6) is -0.226. The molecule has 10 heteroatoms. The fourth-order valence-electron chi connectivity index (χ4n) is 4.15. The molecule has 2 fully saturated rings. The van der Waals surface area contributed by atoms with Gasteiger partial charge in [0.05, 0.1) is 32.7 Å². The number of benzene rings is 2. The van der Waals surface area contributed by atoms with Crippen LogP contribution < -0.4 is 10.2 Å². The molecule has 0 saturated carbocycles. The first-order valence-electron chi connectivity index (χ1n) is 10.3. The Hall–Kier alpha value is -2.33. The van der Waals surface area contributed by atoms with Gasteiger partial charge in [0.1, 0.15) is 5.84 Å². The molecule has 0 bridgehead atoms. The first-order valence-corrected chi connectivity index (χ1v) is 13.0. The van der Waals surface area contributed by atoms with Gasteiger partial charge in [-0.3, -0.25) is 15.1 Å². The van der Waals surface area contributed by atoms with Gasteiger partial charge in [-0.15, -0.1) is 0 Å². The molecule has 5 rings (SSSR count). The van der Waals surface area contributed by atoms with E-state index >= 15 is 0 Å². The molecule has 32 heavy (non-hydrogen) atoms. The zero-order chi connectivity index (χ0) is 22.5. The van der Waals surface area contributed by atoms with E-state index < -0.39 is 10.0 Å². The SMILES string of the molecule is N=C1C(=C2Nc3ccccc3S2)CC(=O)N1c1ccc(S(=O)(=O)N2CCCCC2)cc1Cl. The minimum absolute atomic E-state index is 0.0475. The molecule has 1 amide bonds. The zero-order valence-corrected chi connectivity index (χ0v) is 19.5. The second-order valence-electron chi connectivity index (χ2n) is 7.86. The zero-order valence-electron chi connectivity index (χ0n) is 17.1. The lowest BCUT2D eigenvalue weighted by atomic mass is 10.2. The van der Waals surface area contributed by atoms with Crippen LogP contribution in [0.3, 0.4) is 0 Å². The second-order valence-corrected chi connectivity index (χ2v) is 11.3. The summed E-state index contributed by atoms with van der Waals surface area (Å²) >= 11 is 7.95. The van der Waals surface area contributed by atoms with Gasteiger partial charge in [0.25, 0.3) is 0 Å². The molecule has 166 valence electrons. The van der Waals surface area contributed by atoms with Gasteiger partial charge < -0.3 is 5.32 Å². The van der Waals surface area contributed by atoms with Gasteiger partial charge >= 0.3 is 0 Å². The molecule has 3 aliphatic heterocycles. The Morgan fingerprint density at radius 2 is 1.81 bits per heavy atom. The monoisotopic (exact) mass is 488 g/mol. The number of amidine groups is 1. The van der Waals surface area contributed by atoms with Crippen LogP contribution in [0.25, 0.3) is 0 Å². The number of anilines is 2. The van der Waals surface area contributed by atoms with Crippen LogP contribution >= 0.6 is 23.4 Å². The van der Waals surface area contributed by atoms with E-state index in [1.165, 1.54) is 39.2 Å². The van der Waals surface area contributed by atoms with Crippen molar-refractivity contribution in [3.8, 4) is 0 Å². The number of halogens is 1. The third-order valence-electron chi connectivity index (χ3n) is 5.82. The summed E-state index contributed by atoms with van der Waals surface area (Å²) in [5, 5.41) is 12.8. The maximum Gasteiger partial charge on any atom is 0.243 e. The van der Waals surface area contributed by atoms with Gasteiger partial charge in [-0.05, 0) is 43.2 Å². The van der Waals surface area contributed by atoms with Crippen LogP contribution in [-0.4, -0.2) is 37.6 Å². The van der Waals surface area contributed by atoms with Crippen molar-refractivity contribution in [2.45, 2.75) is 35.5 Å². The summed E-state index contributed by atoms with van der Waals surface area (Å²) in [7, 11) is -3.64. The lowest BCUT2D eigenvalue weighted by Gasteiger charge is -2.26. The lowest BCUT2D eigenvalue weighted by Crippen LogP contribution is -2.35. The molecule has 7 nitrogen and oxygen atoms in total. The van der Waals surface area contributed by atoms with Crippen molar-refractivity contribution >= 4 is 56.5 Å². The topological polar surface area (TPSA) is 93.6 Å². The Kier molecular flexibility index (Phi) is 5.53. The lowest BCUT2D eigenvalue weighted by molar-refractivity contribution is -0.116. The van der Waals surface area contributed by atoms with Crippen molar-refractivity contribution in [2.24, 2.45) is 0 Å².